The highest BCUT2D eigenvalue weighted by molar-refractivity contribution is 6.36. The zero-order chi connectivity index (χ0) is 24.2. The molecular weight excluding hydrogens is 471 g/mol. The number of allylic oxidation sites excluding steroid dienone is 5. The standard InChI is InChI=1S/C27H28Cl2N2O3/c1-33-24-15-18-13-14-31(26(27(30)32)17-7-4-3-5-8-17)23(20(18)16-25(24)34-2)12-11-19-21(28)9-6-10-22(19)29/h3-7,9-10,15-16,23H,8,11-14H2,1-2H3,(H2,30,32)/b26-17+/t23-/m0/s1. The van der Waals surface area contributed by atoms with Crippen molar-refractivity contribution < 1.29 is 14.3 Å². The molecule has 7 heteroatoms. The first-order chi connectivity index (χ1) is 16.4. The van der Waals surface area contributed by atoms with Gasteiger partial charge in [0.05, 0.1) is 20.3 Å². The number of nitrogens with zero attached hydrogens (tertiary/aromatic N) is 1. The lowest BCUT2D eigenvalue weighted by atomic mass is 9.87. The van der Waals surface area contributed by atoms with Gasteiger partial charge in [0.2, 0.25) is 0 Å². The Kier molecular flexibility index (Phi) is 7.54. The predicted octanol–water partition coefficient (Wildman–Crippen LogP) is 5.80. The molecule has 2 aliphatic rings. The van der Waals surface area contributed by atoms with Crippen molar-refractivity contribution >= 4 is 29.1 Å². The van der Waals surface area contributed by atoms with Crippen LogP contribution in [-0.2, 0) is 17.6 Å². The van der Waals surface area contributed by atoms with Crippen molar-refractivity contribution in [1.82, 2.24) is 4.90 Å². The van der Waals surface area contributed by atoms with E-state index in [-0.39, 0.29) is 6.04 Å². The van der Waals surface area contributed by atoms with Crippen molar-refractivity contribution in [2.45, 2.75) is 31.7 Å². The summed E-state index contributed by atoms with van der Waals surface area (Å²) in [5.74, 6) is 0.911. The van der Waals surface area contributed by atoms with Crippen LogP contribution in [0.2, 0.25) is 10.0 Å². The van der Waals surface area contributed by atoms with E-state index in [1.54, 1.807) is 14.2 Å². The number of ether oxygens (including phenoxy) is 2. The van der Waals surface area contributed by atoms with E-state index in [9.17, 15) is 4.79 Å². The first-order valence-corrected chi connectivity index (χ1v) is 12.0. The molecule has 34 heavy (non-hydrogen) atoms. The molecule has 0 radical (unpaired) electrons. The minimum Gasteiger partial charge on any atom is -0.493 e. The number of carbonyl (C=O) groups excluding carboxylic acids is 1. The Morgan fingerprint density at radius 2 is 1.82 bits per heavy atom. The van der Waals surface area contributed by atoms with Gasteiger partial charge in [-0.15, -0.1) is 0 Å². The van der Waals surface area contributed by atoms with Crippen LogP contribution in [-0.4, -0.2) is 31.6 Å². The smallest absolute Gasteiger partial charge is 0.265 e. The van der Waals surface area contributed by atoms with E-state index < -0.39 is 5.91 Å². The normalized spacial score (nSPS) is 18.5. The van der Waals surface area contributed by atoms with Gasteiger partial charge in [-0.05, 0) is 72.2 Å². The number of methoxy groups -OCH3 is 2. The average molecular weight is 499 g/mol. The Bertz CT molecular complexity index is 1170. The number of amides is 1. The van der Waals surface area contributed by atoms with Gasteiger partial charge in [0.25, 0.3) is 5.91 Å². The summed E-state index contributed by atoms with van der Waals surface area (Å²) in [5.41, 5.74) is 10.6. The molecule has 2 N–H and O–H groups in total. The quantitative estimate of drug-likeness (QED) is 0.490. The number of carbonyl (C=O) groups is 1. The molecule has 0 saturated heterocycles. The van der Waals surface area contributed by atoms with Crippen LogP contribution < -0.4 is 15.2 Å². The van der Waals surface area contributed by atoms with Crippen LogP contribution in [0.25, 0.3) is 0 Å². The molecule has 0 bridgehead atoms. The summed E-state index contributed by atoms with van der Waals surface area (Å²) >= 11 is 12.9. The molecule has 1 atom stereocenters. The van der Waals surface area contributed by atoms with E-state index >= 15 is 0 Å². The van der Waals surface area contributed by atoms with Gasteiger partial charge in [-0.2, -0.15) is 0 Å². The molecule has 1 aliphatic carbocycles. The molecule has 1 aliphatic heterocycles. The summed E-state index contributed by atoms with van der Waals surface area (Å²) < 4.78 is 11.1. The summed E-state index contributed by atoms with van der Waals surface area (Å²) in [6.07, 6.45) is 10.7. The monoisotopic (exact) mass is 498 g/mol. The summed E-state index contributed by atoms with van der Waals surface area (Å²) in [6.45, 7) is 0.655. The van der Waals surface area contributed by atoms with Gasteiger partial charge in [-0.1, -0.05) is 53.6 Å². The van der Waals surface area contributed by atoms with Gasteiger partial charge in [0, 0.05) is 16.6 Å². The summed E-state index contributed by atoms with van der Waals surface area (Å²) in [4.78, 5) is 14.9. The zero-order valence-corrected chi connectivity index (χ0v) is 20.8. The van der Waals surface area contributed by atoms with Crippen LogP contribution in [0.5, 0.6) is 11.5 Å². The lowest BCUT2D eigenvalue weighted by Crippen LogP contribution is -2.40. The van der Waals surface area contributed by atoms with Gasteiger partial charge >= 0.3 is 0 Å². The average Bonchev–Trinajstić information content (AvgIpc) is 2.84. The van der Waals surface area contributed by atoms with E-state index in [4.69, 9.17) is 38.4 Å². The Hall–Kier alpha value is -2.89. The second-order valence-corrected chi connectivity index (χ2v) is 9.15. The summed E-state index contributed by atoms with van der Waals surface area (Å²) in [7, 11) is 3.26. The number of benzene rings is 2. The molecule has 0 saturated carbocycles. The fourth-order valence-corrected chi connectivity index (χ4v) is 5.42. The molecule has 0 spiro atoms. The van der Waals surface area contributed by atoms with Crippen LogP contribution in [0.1, 0.15) is 35.6 Å². The largest absolute Gasteiger partial charge is 0.493 e. The maximum atomic E-state index is 12.7. The van der Waals surface area contributed by atoms with Crippen molar-refractivity contribution in [3.05, 3.63) is 92.6 Å². The van der Waals surface area contributed by atoms with E-state index in [1.165, 1.54) is 0 Å². The van der Waals surface area contributed by atoms with E-state index in [0.717, 1.165) is 28.7 Å². The fourth-order valence-electron chi connectivity index (χ4n) is 4.83. The second kappa shape index (κ2) is 10.6. The van der Waals surface area contributed by atoms with Crippen LogP contribution >= 0.6 is 23.2 Å². The molecular formula is C27H28Cl2N2O3. The highest BCUT2D eigenvalue weighted by Crippen LogP contribution is 2.42. The minimum atomic E-state index is -0.431. The molecule has 4 rings (SSSR count). The molecule has 0 fully saturated rings. The maximum absolute atomic E-state index is 12.7. The Labute approximate surface area is 210 Å². The summed E-state index contributed by atoms with van der Waals surface area (Å²) in [6, 6.07) is 9.45. The molecule has 0 unspecified atom stereocenters. The predicted molar refractivity (Wildman–Crippen MR) is 137 cm³/mol. The SMILES string of the molecule is COc1cc2c(cc1OC)[C@H](CCc1c(Cl)cccc1Cl)N(/C(C(N)=O)=C1\C=CC=CC1)CC2. The number of fused-ring (bicyclic) bond motifs is 1. The van der Waals surface area contributed by atoms with Crippen molar-refractivity contribution in [1.29, 1.82) is 0 Å². The molecule has 178 valence electrons. The molecule has 2 aromatic rings. The highest BCUT2D eigenvalue weighted by Gasteiger charge is 2.33. The zero-order valence-electron chi connectivity index (χ0n) is 19.3. The number of halogens is 2. The van der Waals surface area contributed by atoms with Crippen molar-refractivity contribution in [2.75, 3.05) is 20.8 Å². The summed E-state index contributed by atoms with van der Waals surface area (Å²) in [5, 5.41) is 1.27. The van der Waals surface area contributed by atoms with Gasteiger partial charge in [-0.3, -0.25) is 4.79 Å². The molecule has 0 aromatic heterocycles. The van der Waals surface area contributed by atoms with Crippen molar-refractivity contribution in [2.24, 2.45) is 5.73 Å². The van der Waals surface area contributed by atoms with Crippen LogP contribution in [0.4, 0.5) is 0 Å². The molecule has 2 aromatic carbocycles. The second-order valence-electron chi connectivity index (χ2n) is 8.33. The van der Waals surface area contributed by atoms with Gasteiger partial charge in [0.1, 0.15) is 5.70 Å². The fraction of sp³-hybridized carbons (Fsp3) is 0.296. The van der Waals surface area contributed by atoms with Crippen molar-refractivity contribution in [3.8, 4) is 11.5 Å². The van der Waals surface area contributed by atoms with Crippen molar-refractivity contribution in [3.63, 3.8) is 0 Å². The van der Waals surface area contributed by atoms with Crippen LogP contribution in [0, 0.1) is 0 Å². The maximum Gasteiger partial charge on any atom is 0.265 e. The molecule has 5 nitrogen and oxygen atoms in total. The lowest BCUT2D eigenvalue weighted by molar-refractivity contribution is -0.116. The lowest BCUT2D eigenvalue weighted by Gasteiger charge is -2.41. The van der Waals surface area contributed by atoms with E-state index in [2.05, 4.69) is 4.90 Å². The first-order valence-electron chi connectivity index (χ1n) is 11.2. The third kappa shape index (κ3) is 4.82. The molecule has 1 amide bonds. The number of hydrogen-bond acceptors (Lipinski definition) is 4. The third-order valence-electron chi connectivity index (χ3n) is 6.44. The van der Waals surface area contributed by atoms with Crippen LogP contribution in [0.3, 0.4) is 0 Å². The Morgan fingerprint density at radius 1 is 1.12 bits per heavy atom. The number of primary amides is 1. The van der Waals surface area contributed by atoms with Gasteiger partial charge < -0.3 is 20.1 Å². The van der Waals surface area contributed by atoms with E-state index in [1.807, 2.05) is 54.6 Å². The topological polar surface area (TPSA) is 64.8 Å². The Morgan fingerprint density at radius 3 is 2.44 bits per heavy atom. The number of rotatable bonds is 7. The van der Waals surface area contributed by atoms with Gasteiger partial charge in [0.15, 0.2) is 11.5 Å². The number of nitrogens with two attached hydrogens (primary N) is 1. The number of hydrogen-bond donors (Lipinski definition) is 1. The first kappa shape index (κ1) is 24.2. The third-order valence-corrected chi connectivity index (χ3v) is 7.15. The Balaban J connectivity index is 1.80. The molecule has 1 heterocycles. The minimum absolute atomic E-state index is 0.120. The highest BCUT2D eigenvalue weighted by atomic mass is 35.5. The van der Waals surface area contributed by atoms with E-state index in [0.29, 0.717) is 53.0 Å². The van der Waals surface area contributed by atoms with Gasteiger partial charge in [-0.25, -0.2) is 0 Å². The van der Waals surface area contributed by atoms with Crippen LogP contribution in [0.15, 0.2) is 65.9 Å².